The second-order valence-electron chi connectivity index (χ2n) is 5.08. The number of hydrogen-bond donors (Lipinski definition) is 0. The highest BCUT2D eigenvalue weighted by Gasteiger charge is 2.31. The molecule has 2 aromatic rings. The van der Waals surface area contributed by atoms with Gasteiger partial charge in [-0.2, -0.15) is 4.31 Å². The van der Waals surface area contributed by atoms with Gasteiger partial charge in [0.05, 0.1) is 10.7 Å². The molecule has 1 saturated heterocycles. The molecule has 0 aliphatic carbocycles. The predicted octanol–water partition coefficient (Wildman–Crippen LogP) is 1.13. The Bertz CT molecular complexity index is 780. The molecule has 0 aromatic carbocycles. The van der Waals surface area contributed by atoms with Crippen LogP contribution in [-0.4, -0.2) is 59.3 Å². The molecular formula is C13H15ClN4O3S2. The van der Waals surface area contributed by atoms with Crippen molar-refractivity contribution in [2.24, 2.45) is 0 Å². The Kier molecular flexibility index (Phi) is 4.72. The van der Waals surface area contributed by atoms with Crippen molar-refractivity contribution in [1.82, 2.24) is 18.8 Å². The van der Waals surface area contributed by atoms with Crippen molar-refractivity contribution in [3.8, 4) is 0 Å². The maximum absolute atomic E-state index is 12.5. The molecule has 0 atom stereocenters. The van der Waals surface area contributed by atoms with Crippen LogP contribution in [0.5, 0.6) is 0 Å². The number of imidazole rings is 1. The Morgan fingerprint density at radius 2 is 2.00 bits per heavy atom. The number of sulfonamides is 1. The molecule has 3 rings (SSSR count). The van der Waals surface area contributed by atoms with E-state index in [2.05, 4.69) is 4.98 Å². The number of carbonyl (C=O) groups excluding carboxylic acids is 1. The van der Waals surface area contributed by atoms with Gasteiger partial charge in [-0.05, 0) is 12.1 Å². The lowest BCUT2D eigenvalue weighted by atomic mass is 10.3. The van der Waals surface area contributed by atoms with Crippen molar-refractivity contribution >= 4 is 38.9 Å². The van der Waals surface area contributed by atoms with Gasteiger partial charge in [-0.25, -0.2) is 13.4 Å². The highest BCUT2D eigenvalue weighted by atomic mass is 35.5. The third kappa shape index (κ3) is 3.57. The topological polar surface area (TPSA) is 75.5 Å². The van der Waals surface area contributed by atoms with Gasteiger partial charge >= 0.3 is 0 Å². The molecule has 2 aromatic heterocycles. The van der Waals surface area contributed by atoms with Gasteiger partial charge in [0.25, 0.3) is 10.0 Å². The molecule has 0 radical (unpaired) electrons. The van der Waals surface area contributed by atoms with Crippen LogP contribution in [0.2, 0.25) is 4.34 Å². The van der Waals surface area contributed by atoms with Crippen LogP contribution in [0.4, 0.5) is 0 Å². The lowest BCUT2D eigenvalue weighted by molar-refractivity contribution is -0.133. The van der Waals surface area contributed by atoms with Crippen LogP contribution < -0.4 is 0 Å². The summed E-state index contributed by atoms with van der Waals surface area (Å²) in [6, 6.07) is 3.09. The van der Waals surface area contributed by atoms with E-state index in [0.717, 1.165) is 11.3 Å². The number of amides is 1. The van der Waals surface area contributed by atoms with Gasteiger partial charge in [-0.3, -0.25) is 4.79 Å². The van der Waals surface area contributed by atoms with Crippen LogP contribution in [0.25, 0.3) is 0 Å². The van der Waals surface area contributed by atoms with Gasteiger partial charge in [0.2, 0.25) is 5.91 Å². The summed E-state index contributed by atoms with van der Waals surface area (Å²) in [5, 5.41) is 0. The highest BCUT2D eigenvalue weighted by molar-refractivity contribution is 7.91. The van der Waals surface area contributed by atoms with Crippen molar-refractivity contribution in [2.75, 3.05) is 26.2 Å². The van der Waals surface area contributed by atoms with Crippen molar-refractivity contribution < 1.29 is 13.2 Å². The van der Waals surface area contributed by atoms with Gasteiger partial charge in [0.15, 0.2) is 0 Å². The molecule has 23 heavy (non-hydrogen) atoms. The third-order valence-corrected chi connectivity index (χ3v) is 7.21. The summed E-state index contributed by atoms with van der Waals surface area (Å²) in [6.07, 6.45) is 4.92. The molecule has 0 saturated carbocycles. The normalized spacial score (nSPS) is 16.7. The molecule has 124 valence electrons. The molecule has 1 fully saturated rings. The van der Waals surface area contributed by atoms with Crippen molar-refractivity contribution in [3.63, 3.8) is 0 Å². The quantitative estimate of drug-likeness (QED) is 0.804. The lowest BCUT2D eigenvalue weighted by Crippen LogP contribution is -2.51. The summed E-state index contributed by atoms with van der Waals surface area (Å²) in [7, 11) is -3.53. The van der Waals surface area contributed by atoms with Crippen LogP contribution in [0.15, 0.2) is 35.1 Å². The first-order valence-electron chi connectivity index (χ1n) is 6.96. The minimum absolute atomic E-state index is 0.0424. The number of thiophene rings is 1. The van der Waals surface area contributed by atoms with Crippen molar-refractivity contribution in [3.05, 3.63) is 35.2 Å². The van der Waals surface area contributed by atoms with Gasteiger partial charge in [0, 0.05) is 38.6 Å². The summed E-state index contributed by atoms with van der Waals surface area (Å²) < 4.78 is 28.8. The van der Waals surface area contributed by atoms with E-state index in [1.165, 1.54) is 10.4 Å². The van der Waals surface area contributed by atoms with E-state index in [4.69, 9.17) is 11.6 Å². The van der Waals surface area contributed by atoms with E-state index >= 15 is 0 Å². The summed E-state index contributed by atoms with van der Waals surface area (Å²) >= 11 is 6.86. The summed E-state index contributed by atoms with van der Waals surface area (Å²) in [4.78, 5) is 17.8. The van der Waals surface area contributed by atoms with E-state index in [0.29, 0.717) is 17.4 Å². The first-order valence-corrected chi connectivity index (χ1v) is 9.59. The first kappa shape index (κ1) is 16.4. The summed E-state index contributed by atoms with van der Waals surface area (Å²) in [5.41, 5.74) is 0. The molecule has 0 spiro atoms. The second-order valence-corrected chi connectivity index (χ2v) is 8.96. The number of hydrogen-bond acceptors (Lipinski definition) is 5. The summed E-state index contributed by atoms with van der Waals surface area (Å²) in [6.45, 7) is 1.55. The standard InChI is InChI=1S/C13H15ClN4O3S2/c14-11-1-2-13(22-11)23(20,21)18-7-5-17(6-8-18)12(19)9-16-4-3-15-10-16/h1-4,10H,5-9H2. The fourth-order valence-electron chi connectivity index (χ4n) is 2.38. The highest BCUT2D eigenvalue weighted by Crippen LogP contribution is 2.28. The van der Waals surface area contributed by atoms with E-state index < -0.39 is 10.0 Å². The minimum Gasteiger partial charge on any atom is -0.339 e. The number of carbonyl (C=O) groups is 1. The zero-order chi connectivity index (χ0) is 16.4. The van der Waals surface area contributed by atoms with Crippen LogP contribution in [0, 0.1) is 0 Å². The van der Waals surface area contributed by atoms with Crippen molar-refractivity contribution in [2.45, 2.75) is 10.8 Å². The van der Waals surface area contributed by atoms with E-state index in [-0.39, 0.29) is 29.8 Å². The largest absolute Gasteiger partial charge is 0.339 e. The molecule has 0 bridgehead atoms. The SMILES string of the molecule is O=C(Cn1ccnc1)N1CCN(S(=O)(=O)c2ccc(Cl)s2)CC1. The number of nitrogens with zero attached hydrogens (tertiary/aromatic N) is 4. The smallest absolute Gasteiger partial charge is 0.252 e. The second kappa shape index (κ2) is 6.60. The van der Waals surface area contributed by atoms with E-state index in [9.17, 15) is 13.2 Å². The molecule has 1 amide bonds. The molecule has 7 nitrogen and oxygen atoms in total. The van der Waals surface area contributed by atoms with E-state index in [1.807, 2.05) is 0 Å². The van der Waals surface area contributed by atoms with Crippen LogP contribution >= 0.6 is 22.9 Å². The van der Waals surface area contributed by atoms with Crippen molar-refractivity contribution in [1.29, 1.82) is 0 Å². The number of aromatic nitrogens is 2. The Labute approximate surface area is 143 Å². The van der Waals surface area contributed by atoms with E-state index in [1.54, 1.807) is 34.3 Å². The number of rotatable bonds is 4. The fraction of sp³-hybridized carbons (Fsp3) is 0.385. The average Bonchev–Trinajstić information content (AvgIpc) is 3.19. The Morgan fingerprint density at radius 3 is 2.57 bits per heavy atom. The minimum atomic E-state index is -3.53. The molecule has 3 heterocycles. The number of piperazine rings is 1. The summed E-state index contributed by atoms with van der Waals surface area (Å²) in [5.74, 6) is -0.0424. The van der Waals surface area contributed by atoms with Gasteiger partial charge in [-0.1, -0.05) is 11.6 Å². The molecule has 0 N–H and O–H groups in total. The molecular weight excluding hydrogens is 360 g/mol. The molecule has 1 aliphatic rings. The first-order chi connectivity index (χ1) is 11.0. The fourth-order valence-corrected chi connectivity index (χ4v) is 5.44. The number of halogens is 1. The zero-order valence-corrected chi connectivity index (χ0v) is 14.5. The molecule has 1 aliphatic heterocycles. The Balaban J connectivity index is 1.61. The van der Waals surface area contributed by atoms with Gasteiger partial charge < -0.3 is 9.47 Å². The van der Waals surface area contributed by atoms with Crippen LogP contribution in [0.1, 0.15) is 0 Å². The van der Waals surface area contributed by atoms with Gasteiger partial charge in [-0.15, -0.1) is 11.3 Å². The third-order valence-electron chi connectivity index (χ3n) is 3.61. The molecule has 0 unspecified atom stereocenters. The Hall–Kier alpha value is -1.42. The maximum Gasteiger partial charge on any atom is 0.252 e. The monoisotopic (exact) mass is 374 g/mol. The average molecular weight is 375 g/mol. The lowest BCUT2D eigenvalue weighted by Gasteiger charge is -2.33. The predicted molar refractivity (Wildman–Crippen MR) is 86.9 cm³/mol. The molecule has 10 heteroatoms. The zero-order valence-electron chi connectivity index (χ0n) is 12.1. The maximum atomic E-state index is 12.5. The van der Waals surface area contributed by atoms with Crippen LogP contribution in [-0.2, 0) is 21.4 Å². The van der Waals surface area contributed by atoms with Crippen LogP contribution in [0.3, 0.4) is 0 Å². The Morgan fingerprint density at radius 1 is 1.26 bits per heavy atom. The van der Waals surface area contributed by atoms with Gasteiger partial charge in [0.1, 0.15) is 10.8 Å².